The summed E-state index contributed by atoms with van der Waals surface area (Å²) >= 11 is 0. The first-order chi connectivity index (χ1) is 7.65. The number of hydrogen-bond donors (Lipinski definition) is 2. The smallest absolute Gasteiger partial charge is 0.0900 e. The van der Waals surface area contributed by atoms with Crippen molar-refractivity contribution in [3.63, 3.8) is 0 Å². The minimum absolute atomic E-state index is 0.180. The predicted molar refractivity (Wildman–Crippen MR) is 65.4 cm³/mol. The molecule has 1 aliphatic heterocycles. The fourth-order valence-electron chi connectivity index (χ4n) is 2.42. The Kier molecular flexibility index (Phi) is 6.28. The molecule has 0 amide bonds. The summed E-state index contributed by atoms with van der Waals surface area (Å²) in [7, 11) is 0. The van der Waals surface area contributed by atoms with Crippen LogP contribution in [0.25, 0.3) is 0 Å². The van der Waals surface area contributed by atoms with E-state index in [1.165, 1.54) is 12.8 Å². The predicted octanol–water partition coefficient (Wildman–Crippen LogP) is 0.586. The molecule has 1 saturated heterocycles. The van der Waals surface area contributed by atoms with Crippen LogP contribution in [0, 0.1) is 0 Å². The fourth-order valence-corrected chi connectivity index (χ4v) is 2.42. The van der Waals surface area contributed by atoms with Crippen LogP contribution in [0.2, 0.25) is 0 Å². The average molecular weight is 230 g/mol. The molecule has 0 aromatic rings. The molecule has 0 bridgehead atoms. The van der Waals surface area contributed by atoms with Crippen LogP contribution in [0.4, 0.5) is 0 Å². The zero-order chi connectivity index (χ0) is 12.0. The van der Waals surface area contributed by atoms with Crippen LogP contribution in [-0.4, -0.2) is 54.5 Å². The van der Waals surface area contributed by atoms with Crippen LogP contribution >= 0.6 is 0 Å². The van der Waals surface area contributed by atoms with E-state index in [4.69, 9.17) is 10.5 Å². The summed E-state index contributed by atoms with van der Waals surface area (Å²) in [6.07, 6.45) is 3.23. The van der Waals surface area contributed by atoms with Crippen LogP contribution in [0.5, 0.6) is 0 Å². The molecule has 0 radical (unpaired) electrons. The summed E-state index contributed by atoms with van der Waals surface area (Å²) in [5.74, 6) is 0. The second-order valence-corrected chi connectivity index (χ2v) is 4.73. The highest BCUT2D eigenvalue weighted by Crippen LogP contribution is 2.19. The lowest BCUT2D eigenvalue weighted by molar-refractivity contribution is 0.00284. The van der Waals surface area contributed by atoms with Crippen molar-refractivity contribution in [2.75, 3.05) is 26.3 Å². The van der Waals surface area contributed by atoms with Crippen molar-refractivity contribution in [2.24, 2.45) is 5.73 Å². The van der Waals surface area contributed by atoms with Gasteiger partial charge in [0.25, 0.3) is 0 Å². The van der Waals surface area contributed by atoms with E-state index in [1.54, 1.807) is 0 Å². The van der Waals surface area contributed by atoms with Crippen molar-refractivity contribution in [1.82, 2.24) is 4.90 Å². The van der Waals surface area contributed by atoms with Gasteiger partial charge in [-0.25, -0.2) is 0 Å². The third-order valence-corrected chi connectivity index (χ3v) is 3.23. The van der Waals surface area contributed by atoms with E-state index < -0.39 is 0 Å². The molecule has 96 valence electrons. The van der Waals surface area contributed by atoms with E-state index in [1.807, 2.05) is 6.92 Å². The average Bonchev–Trinajstić information content (AvgIpc) is 2.27. The molecule has 4 heteroatoms. The van der Waals surface area contributed by atoms with Crippen LogP contribution in [0.1, 0.15) is 33.1 Å². The molecule has 1 fully saturated rings. The van der Waals surface area contributed by atoms with Gasteiger partial charge in [-0.1, -0.05) is 6.42 Å². The van der Waals surface area contributed by atoms with Crippen molar-refractivity contribution in [3.8, 4) is 0 Å². The molecular weight excluding hydrogens is 204 g/mol. The highest BCUT2D eigenvalue weighted by atomic mass is 16.5. The maximum atomic E-state index is 9.82. The number of likely N-dealkylation sites (tertiary alicyclic amines) is 1. The zero-order valence-corrected chi connectivity index (χ0v) is 10.6. The first kappa shape index (κ1) is 13.9. The third kappa shape index (κ3) is 4.37. The molecule has 3 N–H and O–H groups in total. The largest absolute Gasteiger partial charge is 0.389 e. The summed E-state index contributed by atoms with van der Waals surface area (Å²) < 4.78 is 5.22. The lowest BCUT2D eigenvalue weighted by Crippen LogP contribution is -2.51. The Morgan fingerprint density at radius 1 is 1.50 bits per heavy atom. The Morgan fingerprint density at radius 3 is 2.88 bits per heavy atom. The van der Waals surface area contributed by atoms with Crippen molar-refractivity contribution in [3.05, 3.63) is 0 Å². The molecule has 1 aliphatic rings. The topological polar surface area (TPSA) is 58.7 Å². The van der Waals surface area contributed by atoms with Gasteiger partial charge >= 0.3 is 0 Å². The normalized spacial score (nSPS) is 26.6. The van der Waals surface area contributed by atoms with E-state index in [9.17, 15) is 5.11 Å². The second kappa shape index (κ2) is 7.22. The number of rotatable bonds is 6. The number of aliphatic hydroxyl groups is 1. The van der Waals surface area contributed by atoms with Gasteiger partial charge in [-0.05, 0) is 33.2 Å². The van der Waals surface area contributed by atoms with Gasteiger partial charge in [0.15, 0.2) is 0 Å². The van der Waals surface area contributed by atoms with E-state index in [0.29, 0.717) is 25.8 Å². The molecule has 1 rings (SSSR count). The first-order valence-electron chi connectivity index (χ1n) is 6.40. The van der Waals surface area contributed by atoms with Crippen molar-refractivity contribution in [1.29, 1.82) is 0 Å². The Bertz CT molecular complexity index is 188. The van der Waals surface area contributed by atoms with Gasteiger partial charge in [0, 0.05) is 25.2 Å². The number of aliphatic hydroxyl groups excluding tert-OH is 1. The highest BCUT2D eigenvalue weighted by Gasteiger charge is 2.26. The Hall–Kier alpha value is -0.160. The molecule has 0 aliphatic carbocycles. The van der Waals surface area contributed by atoms with Crippen LogP contribution in [0.15, 0.2) is 0 Å². The van der Waals surface area contributed by atoms with E-state index in [0.717, 1.165) is 13.0 Å². The Morgan fingerprint density at radius 2 is 2.25 bits per heavy atom. The molecule has 3 unspecified atom stereocenters. The van der Waals surface area contributed by atoms with Gasteiger partial charge in [0.1, 0.15) is 0 Å². The summed E-state index contributed by atoms with van der Waals surface area (Å²) in [5, 5.41) is 9.82. The van der Waals surface area contributed by atoms with Crippen molar-refractivity contribution in [2.45, 2.75) is 51.3 Å². The molecular formula is C12H26N2O2. The number of piperidine rings is 1. The summed E-state index contributed by atoms with van der Waals surface area (Å²) in [6, 6.07) is 0.602. The van der Waals surface area contributed by atoms with Crippen molar-refractivity contribution >= 4 is 0 Å². The molecule has 4 nitrogen and oxygen atoms in total. The van der Waals surface area contributed by atoms with Crippen LogP contribution < -0.4 is 5.73 Å². The summed E-state index contributed by atoms with van der Waals surface area (Å²) in [4.78, 5) is 2.32. The third-order valence-electron chi connectivity index (χ3n) is 3.23. The lowest BCUT2D eigenvalue weighted by Gasteiger charge is -2.39. The minimum Gasteiger partial charge on any atom is -0.389 e. The highest BCUT2D eigenvalue weighted by molar-refractivity contribution is 4.84. The second-order valence-electron chi connectivity index (χ2n) is 4.73. The van der Waals surface area contributed by atoms with Gasteiger partial charge in [-0.3, -0.25) is 4.90 Å². The van der Waals surface area contributed by atoms with E-state index in [2.05, 4.69) is 11.8 Å². The van der Waals surface area contributed by atoms with Crippen molar-refractivity contribution < 1.29 is 9.84 Å². The maximum Gasteiger partial charge on any atom is 0.0900 e. The molecule has 1 heterocycles. The van der Waals surface area contributed by atoms with E-state index in [-0.39, 0.29) is 12.1 Å². The maximum absolute atomic E-state index is 9.82. The zero-order valence-electron chi connectivity index (χ0n) is 10.6. The Balaban J connectivity index is 2.36. The standard InChI is InChI=1S/C12H26N2O2/c1-3-16-9-11(15)8-14-7-5-4-6-12(14)10(2)13/h10-12,15H,3-9,13H2,1-2H3. The molecule has 16 heavy (non-hydrogen) atoms. The monoisotopic (exact) mass is 230 g/mol. The van der Waals surface area contributed by atoms with Crippen LogP contribution in [-0.2, 0) is 4.74 Å². The van der Waals surface area contributed by atoms with E-state index >= 15 is 0 Å². The quantitative estimate of drug-likeness (QED) is 0.701. The molecule has 0 saturated carbocycles. The summed E-state index contributed by atoms with van der Waals surface area (Å²) in [6.45, 7) is 6.82. The SMILES string of the molecule is CCOCC(O)CN1CCCCC1C(C)N. The Labute approximate surface area is 98.8 Å². The number of hydrogen-bond acceptors (Lipinski definition) is 4. The van der Waals surface area contributed by atoms with Crippen LogP contribution in [0.3, 0.4) is 0 Å². The van der Waals surface area contributed by atoms with Gasteiger partial charge in [-0.2, -0.15) is 0 Å². The molecule has 0 aromatic carbocycles. The number of β-amino-alcohol motifs (C(OH)–C–C–N with tert-alkyl or cyclic N) is 1. The first-order valence-corrected chi connectivity index (χ1v) is 6.40. The number of nitrogens with two attached hydrogens (primary N) is 1. The van der Waals surface area contributed by atoms with Gasteiger partial charge < -0.3 is 15.6 Å². The summed E-state index contributed by atoms with van der Waals surface area (Å²) in [5.41, 5.74) is 5.98. The molecule has 0 aromatic heterocycles. The molecule has 0 spiro atoms. The van der Waals surface area contributed by atoms with Gasteiger partial charge in [-0.15, -0.1) is 0 Å². The fraction of sp³-hybridized carbons (Fsp3) is 1.00. The minimum atomic E-state index is -0.390. The number of ether oxygens (including phenoxy) is 1. The number of nitrogens with zero attached hydrogens (tertiary/aromatic N) is 1. The lowest BCUT2D eigenvalue weighted by atomic mass is 9.96. The van der Waals surface area contributed by atoms with Gasteiger partial charge in [0.05, 0.1) is 12.7 Å². The van der Waals surface area contributed by atoms with Gasteiger partial charge in [0.2, 0.25) is 0 Å². The molecule has 3 atom stereocenters.